The molecule has 0 fully saturated rings. The lowest BCUT2D eigenvalue weighted by atomic mass is 9.92. The van der Waals surface area contributed by atoms with Crippen LogP contribution in [0.3, 0.4) is 0 Å². The van der Waals surface area contributed by atoms with Crippen LogP contribution in [0.1, 0.15) is 26.3 Å². The maximum atomic E-state index is 13.5. The van der Waals surface area contributed by atoms with E-state index in [0.717, 1.165) is 0 Å². The molecule has 1 rings (SSSR count). The van der Waals surface area contributed by atoms with Gasteiger partial charge in [-0.15, -0.1) is 0 Å². The normalized spacial score (nSPS) is 15.3. The van der Waals surface area contributed by atoms with Crippen molar-refractivity contribution in [1.29, 1.82) is 0 Å². The van der Waals surface area contributed by atoms with Crippen molar-refractivity contribution in [3.05, 3.63) is 35.6 Å². The molecule has 3 heteroatoms. The van der Waals surface area contributed by atoms with Crippen LogP contribution in [0.15, 0.2) is 24.3 Å². The van der Waals surface area contributed by atoms with Gasteiger partial charge < -0.3 is 5.11 Å². The summed E-state index contributed by atoms with van der Waals surface area (Å²) in [5.74, 6) is -0.0193. The standard InChI is InChI=1S/C14H22FNO/c1-11(2)14(3,17)10-16(4)9-12-7-5-6-8-13(12)15/h5-8,11,17H,9-10H2,1-4H3. The molecule has 1 N–H and O–H groups in total. The summed E-state index contributed by atoms with van der Waals surface area (Å²) in [6.45, 7) is 6.82. The van der Waals surface area contributed by atoms with E-state index in [1.165, 1.54) is 6.07 Å². The molecule has 1 aromatic carbocycles. The lowest BCUT2D eigenvalue weighted by molar-refractivity contribution is -0.0148. The van der Waals surface area contributed by atoms with Crippen LogP contribution in [-0.2, 0) is 6.54 Å². The molecule has 1 atom stereocenters. The fourth-order valence-corrected chi connectivity index (χ4v) is 1.70. The molecule has 0 amide bonds. The van der Waals surface area contributed by atoms with E-state index in [2.05, 4.69) is 0 Å². The predicted molar refractivity (Wildman–Crippen MR) is 68.2 cm³/mol. The summed E-state index contributed by atoms with van der Waals surface area (Å²) in [6, 6.07) is 6.75. The van der Waals surface area contributed by atoms with Crippen LogP contribution in [0.25, 0.3) is 0 Å². The molecule has 0 bridgehead atoms. The highest BCUT2D eigenvalue weighted by atomic mass is 19.1. The quantitative estimate of drug-likeness (QED) is 0.854. The van der Waals surface area contributed by atoms with E-state index in [1.54, 1.807) is 12.1 Å². The molecule has 0 aliphatic heterocycles. The number of likely N-dealkylation sites (N-methyl/N-ethyl adjacent to an activating group) is 1. The van der Waals surface area contributed by atoms with Gasteiger partial charge in [-0.25, -0.2) is 4.39 Å². The third-order valence-corrected chi connectivity index (χ3v) is 3.23. The van der Waals surface area contributed by atoms with Crippen molar-refractivity contribution in [2.75, 3.05) is 13.6 Å². The van der Waals surface area contributed by atoms with Crippen LogP contribution in [0.4, 0.5) is 4.39 Å². The number of benzene rings is 1. The van der Waals surface area contributed by atoms with Crippen molar-refractivity contribution in [1.82, 2.24) is 4.90 Å². The minimum atomic E-state index is -0.750. The maximum Gasteiger partial charge on any atom is 0.127 e. The van der Waals surface area contributed by atoms with Gasteiger partial charge in [-0.1, -0.05) is 32.0 Å². The Bertz CT molecular complexity index is 363. The first-order valence-electron chi connectivity index (χ1n) is 5.97. The van der Waals surface area contributed by atoms with E-state index in [-0.39, 0.29) is 11.7 Å². The minimum absolute atomic E-state index is 0.172. The Kier molecular flexibility index (Phi) is 4.66. The summed E-state index contributed by atoms with van der Waals surface area (Å²) in [7, 11) is 1.89. The number of hydrogen-bond donors (Lipinski definition) is 1. The Morgan fingerprint density at radius 2 is 1.94 bits per heavy atom. The first-order valence-corrected chi connectivity index (χ1v) is 5.97. The monoisotopic (exact) mass is 239 g/mol. The SMILES string of the molecule is CC(C)C(C)(O)CN(C)Cc1ccccc1F. The van der Waals surface area contributed by atoms with Gasteiger partial charge in [0.15, 0.2) is 0 Å². The average Bonchev–Trinajstić information content (AvgIpc) is 2.20. The van der Waals surface area contributed by atoms with Gasteiger partial charge in [0, 0.05) is 18.7 Å². The number of hydrogen-bond acceptors (Lipinski definition) is 2. The maximum absolute atomic E-state index is 13.5. The molecule has 0 saturated heterocycles. The number of nitrogens with zero attached hydrogens (tertiary/aromatic N) is 1. The summed E-state index contributed by atoms with van der Waals surface area (Å²) in [6.07, 6.45) is 0. The Balaban J connectivity index is 2.62. The highest BCUT2D eigenvalue weighted by Gasteiger charge is 2.26. The molecule has 0 heterocycles. The highest BCUT2D eigenvalue weighted by molar-refractivity contribution is 5.17. The second-order valence-corrected chi connectivity index (χ2v) is 5.28. The van der Waals surface area contributed by atoms with Crippen molar-refractivity contribution in [3.8, 4) is 0 Å². The van der Waals surface area contributed by atoms with E-state index in [1.807, 2.05) is 38.8 Å². The van der Waals surface area contributed by atoms with Crippen molar-refractivity contribution < 1.29 is 9.50 Å². The zero-order chi connectivity index (χ0) is 13.1. The molecule has 1 aromatic rings. The lowest BCUT2D eigenvalue weighted by Gasteiger charge is -2.32. The van der Waals surface area contributed by atoms with Crippen LogP contribution in [-0.4, -0.2) is 29.2 Å². The third kappa shape index (κ3) is 4.10. The van der Waals surface area contributed by atoms with Crippen LogP contribution in [0.5, 0.6) is 0 Å². The minimum Gasteiger partial charge on any atom is -0.389 e. The van der Waals surface area contributed by atoms with E-state index in [4.69, 9.17) is 0 Å². The van der Waals surface area contributed by atoms with Gasteiger partial charge >= 0.3 is 0 Å². The van der Waals surface area contributed by atoms with Crippen molar-refractivity contribution in [2.24, 2.45) is 5.92 Å². The zero-order valence-electron chi connectivity index (χ0n) is 11.1. The smallest absolute Gasteiger partial charge is 0.127 e. The Morgan fingerprint density at radius 3 is 2.47 bits per heavy atom. The van der Waals surface area contributed by atoms with Gasteiger partial charge in [-0.3, -0.25) is 4.90 Å². The molecule has 0 spiro atoms. The molecule has 1 unspecified atom stereocenters. The Morgan fingerprint density at radius 1 is 1.35 bits per heavy atom. The molecule has 0 saturated carbocycles. The summed E-state index contributed by atoms with van der Waals surface area (Å²) < 4.78 is 13.5. The fourth-order valence-electron chi connectivity index (χ4n) is 1.70. The van der Waals surface area contributed by atoms with Gasteiger partial charge in [-0.2, -0.15) is 0 Å². The van der Waals surface area contributed by atoms with Gasteiger partial charge in [0.25, 0.3) is 0 Å². The van der Waals surface area contributed by atoms with Crippen LogP contribution in [0, 0.1) is 11.7 Å². The largest absolute Gasteiger partial charge is 0.389 e. The van der Waals surface area contributed by atoms with Crippen molar-refractivity contribution >= 4 is 0 Å². The van der Waals surface area contributed by atoms with Gasteiger partial charge in [-0.05, 0) is 26.0 Å². The molecule has 0 aliphatic carbocycles. The highest BCUT2D eigenvalue weighted by Crippen LogP contribution is 2.18. The third-order valence-electron chi connectivity index (χ3n) is 3.23. The molecule has 2 nitrogen and oxygen atoms in total. The molecular weight excluding hydrogens is 217 g/mol. The van der Waals surface area contributed by atoms with Crippen LogP contribution < -0.4 is 0 Å². The summed E-state index contributed by atoms with van der Waals surface area (Å²) >= 11 is 0. The van der Waals surface area contributed by atoms with E-state index in [0.29, 0.717) is 18.7 Å². The fraction of sp³-hybridized carbons (Fsp3) is 0.571. The van der Waals surface area contributed by atoms with Gasteiger partial charge in [0.05, 0.1) is 5.60 Å². The number of rotatable bonds is 5. The summed E-state index contributed by atoms with van der Waals surface area (Å²) in [4.78, 5) is 1.94. The summed E-state index contributed by atoms with van der Waals surface area (Å²) in [5, 5.41) is 10.2. The first-order chi connectivity index (χ1) is 7.83. The van der Waals surface area contributed by atoms with Gasteiger partial charge in [0.2, 0.25) is 0 Å². The molecule has 96 valence electrons. The summed E-state index contributed by atoms with van der Waals surface area (Å²) in [5.41, 5.74) is -0.0884. The second kappa shape index (κ2) is 5.61. The molecule has 0 aliphatic rings. The predicted octanol–water partition coefficient (Wildman–Crippen LogP) is 2.66. The molecule has 0 radical (unpaired) electrons. The Labute approximate surface area is 103 Å². The first kappa shape index (κ1) is 14.1. The Hall–Kier alpha value is -0.930. The molecular formula is C14H22FNO. The zero-order valence-corrected chi connectivity index (χ0v) is 11.1. The van der Waals surface area contributed by atoms with Crippen LogP contribution >= 0.6 is 0 Å². The lowest BCUT2D eigenvalue weighted by Crippen LogP contribution is -2.42. The average molecular weight is 239 g/mol. The molecule has 17 heavy (non-hydrogen) atoms. The number of halogens is 1. The molecule has 0 aromatic heterocycles. The van der Waals surface area contributed by atoms with Crippen molar-refractivity contribution in [2.45, 2.75) is 32.9 Å². The second-order valence-electron chi connectivity index (χ2n) is 5.28. The number of aliphatic hydroxyl groups is 1. The van der Waals surface area contributed by atoms with Crippen molar-refractivity contribution in [3.63, 3.8) is 0 Å². The van der Waals surface area contributed by atoms with Gasteiger partial charge in [0.1, 0.15) is 5.82 Å². The van der Waals surface area contributed by atoms with E-state index < -0.39 is 5.60 Å². The van der Waals surface area contributed by atoms with E-state index >= 15 is 0 Å². The van der Waals surface area contributed by atoms with Crippen LogP contribution in [0.2, 0.25) is 0 Å². The topological polar surface area (TPSA) is 23.5 Å². The van der Waals surface area contributed by atoms with E-state index in [9.17, 15) is 9.50 Å².